The van der Waals surface area contributed by atoms with Gasteiger partial charge in [-0.05, 0) is 12.1 Å². The molecule has 0 spiro atoms. The first-order valence-electron chi connectivity index (χ1n) is 3.07. The van der Waals surface area contributed by atoms with Crippen molar-refractivity contribution in [2.75, 3.05) is 0 Å². The van der Waals surface area contributed by atoms with Crippen molar-refractivity contribution in [1.82, 2.24) is 0 Å². The van der Waals surface area contributed by atoms with E-state index in [2.05, 4.69) is 6.07 Å². The van der Waals surface area contributed by atoms with Gasteiger partial charge in [0.15, 0.2) is 0 Å². The van der Waals surface area contributed by atoms with Gasteiger partial charge in [0.05, 0.1) is 11.0 Å². The van der Waals surface area contributed by atoms with Gasteiger partial charge in [0.25, 0.3) is 5.69 Å². The van der Waals surface area contributed by atoms with E-state index in [1.807, 2.05) is 0 Å². The lowest BCUT2D eigenvalue weighted by atomic mass is 10.2. The molecule has 5 nitrogen and oxygen atoms in total. The SMILES string of the molecule is NC(=O)c1cc[c]c([N+](=O)[O-])c1. The molecule has 12 heavy (non-hydrogen) atoms. The van der Waals surface area contributed by atoms with E-state index in [0.717, 1.165) is 6.07 Å². The van der Waals surface area contributed by atoms with Crippen molar-refractivity contribution in [2.24, 2.45) is 5.73 Å². The molecule has 0 saturated carbocycles. The van der Waals surface area contributed by atoms with Crippen LogP contribution in [0.1, 0.15) is 10.4 Å². The minimum absolute atomic E-state index is 0.112. The van der Waals surface area contributed by atoms with E-state index in [0.29, 0.717) is 0 Å². The number of non-ortho nitro benzene ring substituents is 1. The third kappa shape index (κ3) is 1.57. The lowest BCUT2D eigenvalue weighted by Crippen LogP contribution is -2.10. The predicted molar refractivity (Wildman–Crippen MR) is 40.5 cm³/mol. The van der Waals surface area contributed by atoms with Crippen LogP contribution in [0.25, 0.3) is 0 Å². The maximum atomic E-state index is 10.6. The van der Waals surface area contributed by atoms with E-state index in [4.69, 9.17) is 5.73 Å². The third-order valence-electron chi connectivity index (χ3n) is 1.27. The lowest BCUT2D eigenvalue weighted by Gasteiger charge is -1.93. The van der Waals surface area contributed by atoms with Crippen LogP contribution in [0.3, 0.4) is 0 Å². The van der Waals surface area contributed by atoms with Gasteiger partial charge < -0.3 is 5.73 Å². The van der Waals surface area contributed by atoms with Crippen molar-refractivity contribution in [1.29, 1.82) is 0 Å². The van der Waals surface area contributed by atoms with Crippen molar-refractivity contribution < 1.29 is 9.72 Å². The Hall–Kier alpha value is -1.91. The average Bonchev–Trinajstić information content (AvgIpc) is 2.04. The van der Waals surface area contributed by atoms with Gasteiger partial charge in [-0.25, -0.2) is 0 Å². The Labute approximate surface area is 68.0 Å². The predicted octanol–water partition coefficient (Wildman–Crippen LogP) is 0.494. The van der Waals surface area contributed by atoms with Gasteiger partial charge in [0, 0.05) is 11.6 Å². The summed E-state index contributed by atoms with van der Waals surface area (Å²) in [6, 6.07) is 6.10. The summed E-state index contributed by atoms with van der Waals surface area (Å²) in [6.07, 6.45) is 0. The second-order valence-corrected chi connectivity index (χ2v) is 2.08. The molecule has 1 aromatic carbocycles. The standard InChI is InChI=1S/C7H5N2O3/c8-7(10)5-2-1-3-6(4-5)9(11)12/h1-2,4H,(H2,8,10). The molecule has 0 fully saturated rings. The number of carbonyl (C=O) groups is 1. The largest absolute Gasteiger partial charge is 0.366 e. The molecule has 0 unspecified atom stereocenters. The van der Waals surface area contributed by atoms with Crippen molar-refractivity contribution in [3.63, 3.8) is 0 Å². The maximum absolute atomic E-state index is 10.6. The van der Waals surface area contributed by atoms with E-state index >= 15 is 0 Å². The smallest absolute Gasteiger partial charge is 0.278 e. The fraction of sp³-hybridized carbons (Fsp3) is 0. The van der Waals surface area contributed by atoms with Crippen LogP contribution < -0.4 is 5.73 Å². The van der Waals surface area contributed by atoms with E-state index in [1.165, 1.54) is 12.1 Å². The summed E-state index contributed by atoms with van der Waals surface area (Å²) in [6.45, 7) is 0. The number of hydrogen-bond acceptors (Lipinski definition) is 3. The molecule has 0 aliphatic rings. The zero-order chi connectivity index (χ0) is 9.14. The van der Waals surface area contributed by atoms with Crippen LogP contribution in [0.5, 0.6) is 0 Å². The van der Waals surface area contributed by atoms with Crippen molar-refractivity contribution in [2.45, 2.75) is 0 Å². The molecule has 61 valence electrons. The molecule has 0 aliphatic heterocycles. The second-order valence-electron chi connectivity index (χ2n) is 2.08. The zero-order valence-electron chi connectivity index (χ0n) is 5.98. The Bertz CT molecular complexity index is 306. The number of nitrogens with two attached hydrogens (primary N) is 1. The van der Waals surface area contributed by atoms with Gasteiger partial charge in [0.2, 0.25) is 5.91 Å². The highest BCUT2D eigenvalue weighted by Gasteiger charge is 2.08. The Morgan fingerprint density at radius 2 is 2.33 bits per heavy atom. The molecule has 0 saturated heterocycles. The van der Waals surface area contributed by atoms with Gasteiger partial charge in [-0.3, -0.25) is 14.9 Å². The molecule has 0 heterocycles. The molecule has 0 bridgehead atoms. The molecular weight excluding hydrogens is 160 g/mol. The molecule has 1 aromatic rings. The molecule has 1 amide bonds. The normalized spacial score (nSPS) is 9.33. The van der Waals surface area contributed by atoms with E-state index < -0.39 is 10.8 Å². The Morgan fingerprint density at radius 1 is 1.67 bits per heavy atom. The summed E-state index contributed by atoms with van der Waals surface area (Å²) < 4.78 is 0. The molecule has 2 N–H and O–H groups in total. The highest BCUT2D eigenvalue weighted by Crippen LogP contribution is 2.11. The van der Waals surface area contributed by atoms with Gasteiger partial charge in [-0.15, -0.1) is 0 Å². The molecule has 0 aromatic heterocycles. The van der Waals surface area contributed by atoms with Gasteiger partial charge in [0.1, 0.15) is 0 Å². The molecule has 0 atom stereocenters. The minimum Gasteiger partial charge on any atom is -0.366 e. The minimum atomic E-state index is -0.688. The monoisotopic (exact) mass is 165 g/mol. The first-order chi connectivity index (χ1) is 5.61. The van der Waals surface area contributed by atoms with E-state index in [-0.39, 0.29) is 11.3 Å². The number of amides is 1. The first kappa shape index (κ1) is 8.19. The van der Waals surface area contributed by atoms with Gasteiger partial charge >= 0.3 is 0 Å². The fourth-order valence-electron chi connectivity index (χ4n) is 0.713. The molecule has 5 heteroatoms. The van der Waals surface area contributed by atoms with Crippen LogP contribution in [-0.2, 0) is 0 Å². The summed E-state index contributed by atoms with van der Waals surface area (Å²) in [5.41, 5.74) is 4.76. The second kappa shape index (κ2) is 3.00. The van der Waals surface area contributed by atoms with E-state index in [1.54, 1.807) is 0 Å². The molecule has 1 radical (unpaired) electrons. The topological polar surface area (TPSA) is 86.2 Å². The Balaban J connectivity index is 3.12. The number of nitro groups is 1. The number of primary amides is 1. The van der Waals surface area contributed by atoms with Gasteiger partial charge in [-0.1, -0.05) is 0 Å². The number of rotatable bonds is 2. The van der Waals surface area contributed by atoms with Gasteiger partial charge in [-0.2, -0.15) is 0 Å². The lowest BCUT2D eigenvalue weighted by molar-refractivity contribution is -0.385. The summed E-state index contributed by atoms with van der Waals surface area (Å²) >= 11 is 0. The van der Waals surface area contributed by atoms with Crippen molar-refractivity contribution >= 4 is 11.6 Å². The molecule has 0 aliphatic carbocycles. The zero-order valence-corrected chi connectivity index (χ0v) is 5.98. The quantitative estimate of drug-likeness (QED) is 0.511. The molecular formula is C7H5N2O3. The third-order valence-corrected chi connectivity index (χ3v) is 1.27. The van der Waals surface area contributed by atoms with Crippen LogP contribution in [-0.4, -0.2) is 10.8 Å². The van der Waals surface area contributed by atoms with E-state index in [9.17, 15) is 14.9 Å². The van der Waals surface area contributed by atoms with Crippen LogP contribution in [0.15, 0.2) is 18.2 Å². The summed E-state index contributed by atoms with van der Waals surface area (Å²) in [5, 5.41) is 10.2. The highest BCUT2D eigenvalue weighted by atomic mass is 16.6. The Kier molecular flexibility index (Phi) is 2.05. The Morgan fingerprint density at radius 3 is 2.83 bits per heavy atom. The molecule has 1 rings (SSSR count). The number of nitrogens with zero attached hydrogens (tertiary/aromatic N) is 1. The first-order valence-corrected chi connectivity index (χ1v) is 3.07. The summed E-state index contributed by atoms with van der Waals surface area (Å²) in [4.78, 5) is 20.1. The van der Waals surface area contributed by atoms with Crippen LogP contribution in [0, 0.1) is 16.2 Å². The number of benzene rings is 1. The van der Waals surface area contributed by atoms with Crippen molar-refractivity contribution in [3.8, 4) is 0 Å². The fourth-order valence-corrected chi connectivity index (χ4v) is 0.713. The maximum Gasteiger partial charge on any atom is 0.278 e. The number of hydrogen-bond donors (Lipinski definition) is 1. The highest BCUT2D eigenvalue weighted by molar-refractivity contribution is 5.93. The van der Waals surface area contributed by atoms with Crippen molar-refractivity contribution in [3.05, 3.63) is 39.9 Å². The summed E-state index contributed by atoms with van der Waals surface area (Å²) in [7, 11) is 0. The van der Waals surface area contributed by atoms with Crippen LogP contribution in [0.4, 0.5) is 5.69 Å². The van der Waals surface area contributed by atoms with Crippen LogP contribution >= 0.6 is 0 Å². The number of carbonyl (C=O) groups excluding carboxylic acids is 1. The number of nitro benzene ring substituents is 1. The average molecular weight is 165 g/mol. The van der Waals surface area contributed by atoms with Crippen LogP contribution in [0.2, 0.25) is 0 Å². The summed E-state index contributed by atoms with van der Waals surface area (Å²) in [5.74, 6) is -0.688.